The molecular formula is C8H5N3O5S. The Morgan fingerprint density at radius 1 is 1.47 bits per heavy atom. The fourth-order valence-corrected chi connectivity index (χ4v) is 1.95. The van der Waals surface area contributed by atoms with Gasteiger partial charge in [-0.05, 0) is 16.4 Å². The molecule has 0 aliphatic rings. The lowest BCUT2D eigenvalue weighted by Gasteiger charge is -1.98. The molecule has 0 aliphatic heterocycles. The average Bonchev–Trinajstić information content (AvgIpc) is 2.73. The predicted molar refractivity (Wildman–Crippen MR) is 56.8 cm³/mol. The van der Waals surface area contributed by atoms with Gasteiger partial charge in [-0.25, -0.2) is 4.63 Å². The van der Waals surface area contributed by atoms with Crippen LogP contribution >= 0.6 is 11.8 Å². The summed E-state index contributed by atoms with van der Waals surface area (Å²) in [6, 6.07) is 2.68. The highest BCUT2D eigenvalue weighted by Gasteiger charge is 2.19. The molecular weight excluding hydrogens is 250 g/mol. The number of carbonyl (C=O) groups is 1. The molecule has 8 nitrogen and oxygen atoms in total. The van der Waals surface area contributed by atoms with Crippen molar-refractivity contribution >= 4 is 34.5 Å². The molecule has 0 spiro atoms. The Bertz CT molecular complexity index is 596. The quantitative estimate of drug-likeness (QED) is 0.493. The van der Waals surface area contributed by atoms with Crippen LogP contribution in [0.4, 0.5) is 5.69 Å². The van der Waals surface area contributed by atoms with Gasteiger partial charge in [-0.15, -0.1) is 11.8 Å². The molecule has 88 valence electrons. The van der Waals surface area contributed by atoms with Crippen LogP contribution in [0.1, 0.15) is 0 Å². The van der Waals surface area contributed by atoms with Gasteiger partial charge in [-0.1, -0.05) is 0 Å². The van der Waals surface area contributed by atoms with Gasteiger partial charge in [0.25, 0.3) is 0 Å². The Labute approximate surface area is 97.7 Å². The van der Waals surface area contributed by atoms with Crippen molar-refractivity contribution in [1.82, 2.24) is 10.3 Å². The first kappa shape index (κ1) is 11.3. The fraction of sp³-hybridized carbons (Fsp3) is 0.125. The summed E-state index contributed by atoms with van der Waals surface area (Å²) in [5.41, 5.74) is -0.00300. The highest BCUT2D eigenvalue weighted by Crippen LogP contribution is 2.31. The van der Waals surface area contributed by atoms with Crippen molar-refractivity contribution in [3.8, 4) is 0 Å². The molecule has 2 aromatic rings. The van der Waals surface area contributed by atoms with E-state index in [-0.39, 0.29) is 22.5 Å². The van der Waals surface area contributed by atoms with Crippen molar-refractivity contribution in [3.63, 3.8) is 0 Å². The van der Waals surface area contributed by atoms with E-state index in [0.29, 0.717) is 4.90 Å². The maximum absolute atomic E-state index is 10.7. The lowest BCUT2D eigenvalue weighted by Crippen LogP contribution is -1.98. The minimum Gasteiger partial charge on any atom is -0.481 e. The second kappa shape index (κ2) is 4.37. The van der Waals surface area contributed by atoms with Crippen molar-refractivity contribution in [2.75, 3.05) is 5.75 Å². The second-order valence-corrected chi connectivity index (χ2v) is 4.00. The number of non-ortho nitro benzene ring substituents is 1. The number of nitrogens with zero attached hydrogens (tertiary/aromatic N) is 3. The summed E-state index contributed by atoms with van der Waals surface area (Å²) in [6.07, 6.45) is 0. The Morgan fingerprint density at radius 3 is 2.82 bits per heavy atom. The number of benzene rings is 1. The number of nitro groups is 1. The van der Waals surface area contributed by atoms with E-state index in [2.05, 4.69) is 14.9 Å². The van der Waals surface area contributed by atoms with E-state index in [1.54, 1.807) is 0 Å². The highest BCUT2D eigenvalue weighted by atomic mass is 32.2. The van der Waals surface area contributed by atoms with Crippen LogP contribution in [-0.2, 0) is 4.79 Å². The van der Waals surface area contributed by atoms with Crippen molar-refractivity contribution in [2.24, 2.45) is 0 Å². The van der Waals surface area contributed by atoms with Gasteiger partial charge < -0.3 is 5.11 Å². The molecule has 9 heteroatoms. The van der Waals surface area contributed by atoms with Crippen molar-refractivity contribution in [3.05, 3.63) is 22.2 Å². The Hall–Kier alpha value is -2.16. The van der Waals surface area contributed by atoms with Crippen molar-refractivity contribution < 1.29 is 19.5 Å². The zero-order valence-electron chi connectivity index (χ0n) is 8.19. The topological polar surface area (TPSA) is 119 Å². The number of aliphatic carboxylic acids is 1. The molecule has 1 heterocycles. The Balaban J connectivity index is 2.46. The van der Waals surface area contributed by atoms with Crippen LogP contribution in [-0.4, -0.2) is 32.1 Å². The average molecular weight is 255 g/mol. The molecule has 17 heavy (non-hydrogen) atoms. The zero-order chi connectivity index (χ0) is 12.4. The minimum absolute atomic E-state index is 0.0189. The lowest BCUT2D eigenvalue weighted by atomic mass is 10.3. The largest absolute Gasteiger partial charge is 0.481 e. The number of fused-ring (bicyclic) bond motifs is 1. The molecule has 1 N–H and O–H groups in total. The number of carboxylic acids is 1. The van der Waals surface area contributed by atoms with Crippen LogP contribution in [0.3, 0.4) is 0 Å². The fourth-order valence-electron chi connectivity index (χ4n) is 1.23. The third kappa shape index (κ3) is 2.18. The van der Waals surface area contributed by atoms with Gasteiger partial charge >= 0.3 is 11.7 Å². The van der Waals surface area contributed by atoms with E-state index >= 15 is 0 Å². The van der Waals surface area contributed by atoms with E-state index < -0.39 is 10.9 Å². The predicted octanol–water partition coefficient (Wildman–Crippen LogP) is 1.31. The zero-order valence-corrected chi connectivity index (χ0v) is 9.01. The van der Waals surface area contributed by atoms with E-state index in [4.69, 9.17) is 5.11 Å². The first-order valence-corrected chi connectivity index (χ1v) is 5.32. The van der Waals surface area contributed by atoms with Gasteiger partial charge in [0, 0.05) is 11.0 Å². The lowest BCUT2D eigenvalue weighted by molar-refractivity contribution is -0.383. The van der Waals surface area contributed by atoms with Gasteiger partial charge in [0.1, 0.15) is 0 Å². The van der Waals surface area contributed by atoms with E-state index in [9.17, 15) is 14.9 Å². The molecule has 0 unspecified atom stereocenters. The monoisotopic (exact) mass is 255 g/mol. The summed E-state index contributed by atoms with van der Waals surface area (Å²) in [6.45, 7) is 0. The summed E-state index contributed by atoms with van der Waals surface area (Å²) in [7, 11) is 0. The molecule has 0 saturated carbocycles. The minimum atomic E-state index is -0.988. The third-order valence-corrected chi connectivity index (χ3v) is 2.94. The van der Waals surface area contributed by atoms with E-state index in [1.165, 1.54) is 12.1 Å². The van der Waals surface area contributed by atoms with E-state index in [1.807, 2.05) is 0 Å². The summed E-state index contributed by atoms with van der Waals surface area (Å²) in [5.74, 6) is -1.15. The van der Waals surface area contributed by atoms with Gasteiger partial charge in [-0.2, -0.15) is 0 Å². The molecule has 2 rings (SSSR count). The molecule has 0 amide bonds. The van der Waals surface area contributed by atoms with Crippen molar-refractivity contribution in [1.29, 1.82) is 0 Å². The van der Waals surface area contributed by atoms with E-state index in [0.717, 1.165) is 11.8 Å². The number of hydrogen-bond donors (Lipinski definition) is 1. The summed E-state index contributed by atoms with van der Waals surface area (Å²) in [4.78, 5) is 21.0. The SMILES string of the molecule is O=C(O)CSc1ccc([N+](=O)[O-])c2nonc12. The van der Waals surface area contributed by atoms with Crippen LogP contribution in [0.5, 0.6) is 0 Å². The van der Waals surface area contributed by atoms with Crippen LogP contribution in [0.15, 0.2) is 21.7 Å². The van der Waals surface area contributed by atoms with Gasteiger partial charge in [0.05, 0.1) is 10.7 Å². The number of carboxylic acid groups (broad SMARTS) is 1. The Morgan fingerprint density at radius 2 is 2.18 bits per heavy atom. The molecule has 0 aliphatic carbocycles. The maximum Gasteiger partial charge on any atom is 0.313 e. The highest BCUT2D eigenvalue weighted by molar-refractivity contribution is 8.00. The number of aromatic nitrogens is 2. The number of hydrogen-bond acceptors (Lipinski definition) is 7. The maximum atomic E-state index is 10.7. The first-order valence-electron chi connectivity index (χ1n) is 4.34. The number of thioether (sulfide) groups is 1. The second-order valence-electron chi connectivity index (χ2n) is 2.98. The normalized spacial score (nSPS) is 10.6. The van der Waals surface area contributed by atoms with Crippen LogP contribution < -0.4 is 0 Å². The number of rotatable bonds is 4. The molecule has 1 aromatic heterocycles. The third-order valence-electron chi connectivity index (χ3n) is 1.90. The van der Waals surface area contributed by atoms with Crippen LogP contribution in [0.25, 0.3) is 11.0 Å². The Kier molecular flexibility index (Phi) is 2.91. The smallest absolute Gasteiger partial charge is 0.313 e. The molecule has 1 aromatic carbocycles. The number of nitro benzene ring substituents is 1. The van der Waals surface area contributed by atoms with Crippen molar-refractivity contribution in [2.45, 2.75) is 4.90 Å². The standard InChI is InChI=1S/C8H5N3O5S/c12-6(13)3-17-5-2-1-4(11(14)15)7-8(5)10-16-9-7/h1-2H,3H2,(H,12,13). The summed E-state index contributed by atoms with van der Waals surface area (Å²) >= 11 is 0.998. The van der Waals surface area contributed by atoms with Gasteiger partial charge in [0.15, 0.2) is 5.52 Å². The van der Waals surface area contributed by atoms with Gasteiger partial charge in [-0.3, -0.25) is 14.9 Å². The molecule has 0 bridgehead atoms. The molecule has 0 fully saturated rings. The van der Waals surface area contributed by atoms with Crippen LogP contribution in [0, 0.1) is 10.1 Å². The molecule has 0 atom stereocenters. The van der Waals surface area contributed by atoms with Crippen LogP contribution in [0.2, 0.25) is 0 Å². The molecule has 0 radical (unpaired) electrons. The molecule has 0 saturated heterocycles. The van der Waals surface area contributed by atoms with Gasteiger partial charge in [0.2, 0.25) is 5.52 Å². The summed E-state index contributed by atoms with van der Waals surface area (Å²) < 4.78 is 4.44. The summed E-state index contributed by atoms with van der Waals surface area (Å²) in [5, 5.41) is 26.2. The first-order chi connectivity index (χ1) is 8.09.